The molecule has 0 saturated carbocycles. The van der Waals surface area contributed by atoms with Gasteiger partial charge >= 0.3 is 0 Å². The Balaban J connectivity index is 1.62. The van der Waals surface area contributed by atoms with E-state index < -0.39 is 11.5 Å². The lowest BCUT2D eigenvalue weighted by Gasteiger charge is -2.34. The number of halogens is 2. The average Bonchev–Trinajstić information content (AvgIpc) is 3.21. The second-order valence-electron chi connectivity index (χ2n) is 6.86. The van der Waals surface area contributed by atoms with Gasteiger partial charge in [0.1, 0.15) is 17.4 Å². The van der Waals surface area contributed by atoms with Crippen LogP contribution in [-0.4, -0.2) is 23.4 Å². The van der Waals surface area contributed by atoms with E-state index in [0.29, 0.717) is 43.6 Å². The van der Waals surface area contributed by atoms with Gasteiger partial charge in [0.2, 0.25) is 5.89 Å². The van der Waals surface area contributed by atoms with Crippen molar-refractivity contribution in [1.82, 2.24) is 10.2 Å². The molecule has 1 fully saturated rings. The lowest BCUT2D eigenvalue weighted by molar-refractivity contribution is 0.0529. The van der Waals surface area contributed by atoms with Crippen LogP contribution in [-0.2, 0) is 10.2 Å². The van der Waals surface area contributed by atoms with E-state index in [2.05, 4.69) is 10.2 Å². The topological polar surface area (TPSA) is 57.4 Å². The summed E-state index contributed by atoms with van der Waals surface area (Å²) < 4.78 is 44.2. The smallest absolute Gasteiger partial charge is 0.256 e. The molecule has 1 aliphatic rings. The van der Waals surface area contributed by atoms with Gasteiger partial charge < -0.3 is 13.9 Å². The maximum Gasteiger partial charge on any atom is 0.256 e. The molecule has 1 saturated heterocycles. The van der Waals surface area contributed by atoms with Gasteiger partial charge in [0.15, 0.2) is 6.10 Å². The second kappa shape index (κ2) is 7.67. The van der Waals surface area contributed by atoms with Crippen LogP contribution in [0.15, 0.2) is 52.9 Å². The van der Waals surface area contributed by atoms with Crippen molar-refractivity contribution < 1.29 is 22.7 Å². The molecule has 0 N–H and O–H groups in total. The van der Waals surface area contributed by atoms with Crippen molar-refractivity contribution in [3.63, 3.8) is 0 Å². The monoisotopic (exact) mass is 386 g/mol. The highest BCUT2D eigenvalue weighted by Crippen LogP contribution is 2.41. The third-order valence-corrected chi connectivity index (χ3v) is 5.05. The fourth-order valence-corrected chi connectivity index (χ4v) is 3.49. The van der Waals surface area contributed by atoms with Crippen LogP contribution in [0.2, 0.25) is 0 Å². The minimum atomic E-state index is -0.596. The van der Waals surface area contributed by atoms with Crippen molar-refractivity contribution in [3.8, 4) is 5.75 Å². The predicted molar refractivity (Wildman–Crippen MR) is 97.0 cm³/mol. The van der Waals surface area contributed by atoms with Crippen molar-refractivity contribution in [1.29, 1.82) is 0 Å². The summed E-state index contributed by atoms with van der Waals surface area (Å²) in [4.78, 5) is 0. The van der Waals surface area contributed by atoms with Crippen molar-refractivity contribution in [2.24, 2.45) is 0 Å². The first-order valence-electron chi connectivity index (χ1n) is 9.17. The van der Waals surface area contributed by atoms with Crippen LogP contribution in [0.25, 0.3) is 0 Å². The van der Waals surface area contributed by atoms with Crippen LogP contribution in [0.3, 0.4) is 0 Å². The molecule has 0 spiro atoms. The summed E-state index contributed by atoms with van der Waals surface area (Å²) in [7, 11) is 0. The molecule has 1 aliphatic heterocycles. The van der Waals surface area contributed by atoms with Crippen molar-refractivity contribution in [2.75, 3.05) is 13.2 Å². The molecular formula is C21H20F2N2O3. The zero-order chi connectivity index (χ0) is 19.6. The van der Waals surface area contributed by atoms with E-state index >= 15 is 0 Å². The van der Waals surface area contributed by atoms with Crippen LogP contribution >= 0.6 is 0 Å². The molecule has 1 atom stereocenters. The summed E-state index contributed by atoms with van der Waals surface area (Å²) in [5, 5.41) is 8.41. The standard InChI is InChI=1S/C21H20F2N2O3/c1-14(27-18-7-5-16(22)6-8-18)19-24-25-20(28-19)21(9-11-26-12-10-21)15-3-2-4-17(23)13-15/h2-8,13-14H,9-12H2,1H3. The number of hydrogen-bond acceptors (Lipinski definition) is 5. The first-order valence-corrected chi connectivity index (χ1v) is 9.17. The largest absolute Gasteiger partial charge is 0.481 e. The Kier molecular flexibility index (Phi) is 5.09. The Morgan fingerprint density at radius 2 is 1.75 bits per heavy atom. The second-order valence-corrected chi connectivity index (χ2v) is 6.86. The highest BCUT2D eigenvalue weighted by molar-refractivity contribution is 5.33. The van der Waals surface area contributed by atoms with Gasteiger partial charge in [-0.1, -0.05) is 12.1 Å². The number of rotatable bonds is 5. The molecule has 7 heteroatoms. The average molecular weight is 386 g/mol. The fraction of sp³-hybridized carbons (Fsp3) is 0.333. The van der Waals surface area contributed by atoms with Gasteiger partial charge in [-0.25, -0.2) is 8.78 Å². The Hall–Kier alpha value is -2.80. The molecule has 0 radical (unpaired) electrons. The minimum Gasteiger partial charge on any atom is -0.481 e. The molecule has 0 aliphatic carbocycles. The number of hydrogen-bond donors (Lipinski definition) is 0. The molecule has 1 unspecified atom stereocenters. The Bertz CT molecular complexity index is 937. The summed E-state index contributed by atoms with van der Waals surface area (Å²) in [5.74, 6) is 0.583. The third-order valence-electron chi connectivity index (χ3n) is 5.05. The van der Waals surface area contributed by atoms with Crippen LogP contribution in [0.1, 0.15) is 43.2 Å². The molecule has 2 aromatic carbocycles. The molecule has 0 amide bonds. The first kappa shape index (κ1) is 18.6. The molecule has 4 rings (SSSR count). The summed E-state index contributed by atoms with van der Waals surface area (Å²) in [6.07, 6.45) is 0.715. The van der Waals surface area contributed by atoms with E-state index in [-0.39, 0.29) is 11.6 Å². The quantitative estimate of drug-likeness (QED) is 0.642. The number of nitrogens with zero attached hydrogens (tertiary/aromatic N) is 2. The van der Waals surface area contributed by atoms with Gasteiger partial charge in [0, 0.05) is 13.2 Å². The molecule has 3 aromatic rings. The Labute approximate surface area is 161 Å². The third kappa shape index (κ3) is 3.62. The van der Waals surface area contributed by atoms with Gasteiger partial charge in [-0.2, -0.15) is 0 Å². The lowest BCUT2D eigenvalue weighted by Crippen LogP contribution is -2.35. The first-order chi connectivity index (χ1) is 13.6. The van der Waals surface area contributed by atoms with Crippen LogP contribution in [0.4, 0.5) is 8.78 Å². The zero-order valence-corrected chi connectivity index (χ0v) is 15.4. The molecular weight excluding hydrogens is 366 g/mol. The van der Waals surface area contributed by atoms with Crippen molar-refractivity contribution >= 4 is 0 Å². The van der Waals surface area contributed by atoms with Crippen LogP contribution in [0, 0.1) is 11.6 Å². The van der Waals surface area contributed by atoms with Gasteiger partial charge in [0.25, 0.3) is 5.89 Å². The van der Waals surface area contributed by atoms with E-state index in [1.165, 1.54) is 36.4 Å². The van der Waals surface area contributed by atoms with Gasteiger partial charge in [0.05, 0.1) is 5.41 Å². The molecule has 1 aromatic heterocycles. The lowest BCUT2D eigenvalue weighted by atomic mass is 9.74. The number of ether oxygens (including phenoxy) is 2. The molecule has 146 valence electrons. The summed E-state index contributed by atoms with van der Waals surface area (Å²) >= 11 is 0. The normalized spacial score (nSPS) is 17.2. The predicted octanol–water partition coefficient (Wildman–Crippen LogP) is 4.58. The molecule has 0 bridgehead atoms. The highest BCUT2D eigenvalue weighted by atomic mass is 19.1. The van der Waals surface area contributed by atoms with Crippen molar-refractivity contribution in [2.45, 2.75) is 31.3 Å². The number of benzene rings is 2. The van der Waals surface area contributed by atoms with Gasteiger partial charge in [-0.15, -0.1) is 10.2 Å². The minimum absolute atomic E-state index is 0.307. The Morgan fingerprint density at radius 3 is 2.46 bits per heavy atom. The zero-order valence-electron chi connectivity index (χ0n) is 15.4. The van der Waals surface area contributed by atoms with Gasteiger partial charge in [-0.3, -0.25) is 0 Å². The van der Waals surface area contributed by atoms with E-state index in [0.717, 1.165) is 5.56 Å². The summed E-state index contributed by atoms with van der Waals surface area (Å²) in [6.45, 7) is 2.82. The summed E-state index contributed by atoms with van der Waals surface area (Å²) in [6, 6.07) is 12.2. The molecule has 2 heterocycles. The highest BCUT2D eigenvalue weighted by Gasteiger charge is 2.42. The fourth-order valence-electron chi connectivity index (χ4n) is 3.49. The van der Waals surface area contributed by atoms with E-state index in [9.17, 15) is 8.78 Å². The number of aromatic nitrogens is 2. The summed E-state index contributed by atoms with van der Waals surface area (Å²) in [5.41, 5.74) is 0.194. The SMILES string of the molecule is CC(Oc1ccc(F)cc1)c1nnc(C2(c3cccc(F)c3)CCOCC2)o1. The molecule has 5 nitrogen and oxygen atoms in total. The Morgan fingerprint density at radius 1 is 1.00 bits per heavy atom. The molecule has 28 heavy (non-hydrogen) atoms. The van der Waals surface area contributed by atoms with Gasteiger partial charge in [-0.05, 0) is 61.7 Å². The van der Waals surface area contributed by atoms with E-state index in [4.69, 9.17) is 13.9 Å². The van der Waals surface area contributed by atoms with E-state index in [1.807, 2.05) is 6.07 Å². The van der Waals surface area contributed by atoms with E-state index in [1.54, 1.807) is 13.0 Å². The maximum absolute atomic E-state index is 13.9. The van der Waals surface area contributed by atoms with Crippen LogP contribution < -0.4 is 4.74 Å². The van der Waals surface area contributed by atoms with Crippen LogP contribution in [0.5, 0.6) is 5.75 Å². The maximum atomic E-state index is 13.9. The van der Waals surface area contributed by atoms with Crippen molar-refractivity contribution in [3.05, 3.63) is 77.5 Å².